The van der Waals surface area contributed by atoms with E-state index in [1.54, 1.807) is 24.3 Å². The molecule has 7 heteroatoms. The molecular formula is C21H28N4O3. The van der Waals surface area contributed by atoms with Gasteiger partial charge >= 0.3 is 0 Å². The molecule has 28 heavy (non-hydrogen) atoms. The zero-order chi connectivity index (χ0) is 20.3. The molecule has 150 valence electrons. The number of aromatic amines is 1. The number of H-pyrrole nitrogens is 1. The molecule has 1 aromatic heterocycles. The van der Waals surface area contributed by atoms with E-state index in [0.29, 0.717) is 29.7 Å². The predicted molar refractivity (Wildman–Crippen MR) is 111 cm³/mol. The van der Waals surface area contributed by atoms with Gasteiger partial charge in [-0.1, -0.05) is 12.1 Å². The number of ether oxygens (including phenoxy) is 1. The quantitative estimate of drug-likeness (QED) is 0.430. The number of phenols is 1. The van der Waals surface area contributed by atoms with Crippen LogP contribution in [0.15, 0.2) is 24.3 Å². The molecule has 0 bridgehead atoms. The summed E-state index contributed by atoms with van der Waals surface area (Å²) in [7, 11) is 0. The molecule has 2 aromatic rings. The van der Waals surface area contributed by atoms with E-state index in [1.807, 2.05) is 6.07 Å². The first-order valence-electron chi connectivity index (χ1n) is 9.46. The summed E-state index contributed by atoms with van der Waals surface area (Å²) in [5.41, 5.74) is 16.5. The molecule has 0 saturated carbocycles. The fraction of sp³-hybridized carbons (Fsp3) is 0.381. The number of phenolic OH excluding ortho intramolecular Hbond substituents is 1. The molecule has 3 rings (SSSR count). The SMILES string of the molecule is CC(C)N1CCc2[nH]c(N)c(/C=C(\N)c3ccccc3O)c2C1COCC=O. The number of benzene rings is 1. The summed E-state index contributed by atoms with van der Waals surface area (Å²) in [5, 5.41) is 10.1. The number of carbonyl (C=O) groups excluding carboxylic acids is 1. The zero-order valence-corrected chi connectivity index (χ0v) is 16.3. The summed E-state index contributed by atoms with van der Waals surface area (Å²) in [5.74, 6) is 0.656. The van der Waals surface area contributed by atoms with Crippen LogP contribution >= 0.6 is 0 Å². The van der Waals surface area contributed by atoms with Gasteiger partial charge in [0.05, 0.1) is 12.6 Å². The molecule has 1 atom stereocenters. The van der Waals surface area contributed by atoms with Gasteiger partial charge in [-0.25, -0.2) is 0 Å². The van der Waals surface area contributed by atoms with Crippen molar-refractivity contribution in [2.24, 2.45) is 5.73 Å². The summed E-state index contributed by atoms with van der Waals surface area (Å²) in [4.78, 5) is 16.3. The minimum atomic E-state index is -0.0410. The van der Waals surface area contributed by atoms with Crippen molar-refractivity contribution in [3.05, 3.63) is 46.6 Å². The average molecular weight is 384 g/mol. The van der Waals surface area contributed by atoms with Crippen molar-refractivity contribution < 1.29 is 14.6 Å². The number of nitrogen functional groups attached to an aromatic ring is 1. The molecule has 1 aliphatic heterocycles. The number of hydrogen-bond acceptors (Lipinski definition) is 6. The van der Waals surface area contributed by atoms with E-state index < -0.39 is 0 Å². The van der Waals surface area contributed by atoms with Crippen molar-refractivity contribution in [2.75, 3.05) is 25.5 Å². The highest BCUT2D eigenvalue weighted by Crippen LogP contribution is 2.38. The van der Waals surface area contributed by atoms with Crippen molar-refractivity contribution in [1.82, 2.24) is 9.88 Å². The van der Waals surface area contributed by atoms with Gasteiger partial charge in [-0.05, 0) is 32.1 Å². The molecule has 0 saturated heterocycles. The summed E-state index contributed by atoms with van der Waals surface area (Å²) in [6, 6.07) is 7.20. The number of rotatable bonds is 7. The molecule has 1 aromatic carbocycles. The first-order chi connectivity index (χ1) is 13.4. The fourth-order valence-corrected chi connectivity index (χ4v) is 3.88. The number of nitrogens with zero attached hydrogens (tertiary/aromatic N) is 1. The molecule has 0 amide bonds. The maximum atomic E-state index is 10.7. The Morgan fingerprint density at radius 1 is 1.43 bits per heavy atom. The number of fused-ring (bicyclic) bond motifs is 1. The van der Waals surface area contributed by atoms with Gasteiger partial charge in [0.1, 0.15) is 24.5 Å². The van der Waals surface area contributed by atoms with Crippen LogP contribution in [0.1, 0.15) is 42.3 Å². The predicted octanol–water partition coefficient (Wildman–Crippen LogP) is 2.28. The van der Waals surface area contributed by atoms with E-state index >= 15 is 0 Å². The summed E-state index contributed by atoms with van der Waals surface area (Å²) >= 11 is 0. The van der Waals surface area contributed by atoms with Crippen LogP contribution in [0.25, 0.3) is 11.8 Å². The number of nitrogens with one attached hydrogen (secondary N) is 1. The minimum absolute atomic E-state index is 0.0410. The molecule has 7 nitrogen and oxygen atoms in total. The number of aromatic hydroxyl groups is 1. The minimum Gasteiger partial charge on any atom is -0.507 e. The normalized spacial score (nSPS) is 17.7. The van der Waals surface area contributed by atoms with Crippen LogP contribution < -0.4 is 11.5 Å². The first kappa shape index (κ1) is 20.0. The number of anilines is 1. The number of aromatic nitrogens is 1. The van der Waals surface area contributed by atoms with Gasteiger partial charge in [0.15, 0.2) is 0 Å². The maximum Gasteiger partial charge on any atom is 0.145 e. The van der Waals surface area contributed by atoms with Gasteiger partial charge in [0.25, 0.3) is 0 Å². The second-order valence-electron chi connectivity index (χ2n) is 7.26. The monoisotopic (exact) mass is 384 g/mol. The van der Waals surface area contributed by atoms with Crippen molar-refractivity contribution in [2.45, 2.75) is 32.4 Å². The fourth-order valence-electron chi connectivity index (χ4n) is 3.88. The molecule has 0 spiro atoms. The van der Waals surface area contributed by atoms with Crippen LogP contribution in [-0.2, 0) is 16.0 Å². The summed E-state index contributed by atoms with van der Waals surface area (Å²) < 4.78 is 5.58. The number of aldehydes is 1. The summed E-state index contributed by atoms with van der Waals surface area (Å²) in [6.07, 6.45) is 3.40. The van der Waals surface area contributed by atoms with Gasteiger partial charge in [-0.3, -0.25) is 4.90 Å². The third-order valence-corrected chi connectivity index (χ3v) is 5.18. The Hall–Kier alpha value is -2.77. The van der Waals surface area contributed by atoms with Gasteiger partial charge in [-0.15, -0.1) is 0 Å². The lowest BCUT2D eigenvalue weighted by molar-refractivity contribution is -0.112. The van der Waals surface area contributed by atoms with Crippen LogP contribution in [0.3, 0.4) is 0 Å². The van der Waals surface area contributed by atoms with Crippen LogP contribution in [-0.4, -0.2) is 47.1 Å². The smallest absolute Gasteiger partial charge is 0.145 e. The van der Waals surface area contributed by atoms with Gasteiger partial charge < -0.3 is 31.1 Å². The van der Waals surface area contributed by atoms with Gasteiger partial charge in [0.2, 0.25) is 0 Å². The molecule has 1 aliphatic rings. The first-order valence-corrected chi connectivity index (χ1v) is 9.46. The highest BCUT2D eigenvalue weighted by atomic mass is 16.5. The lowest BCUT2D eigenvalue weighted by Gasteiger charge is -2.38. The molecule has 0 radical (unpaired) electrons. The van der Waals surface area contributed by atoms with Crippen molar-refractivity contribution in [3.8, 4) is 5.75 Å². The summed E-state index contributed by atoms with van der Waals surface area (Å²) in [6.45, 7) is 5.60. The van der Waals surface area contributed by atoms with Crippen LogP contribution in [0.4, 0.5) is 5.82 Å². The van der Waals surface area contributed by atoms with E-state index in [0.717, 1.165) is 36.1 Å². The van der Waals surface area contributed by atoms with E-state index in [4.69, 9.17) is 16.2 Å². The second kappa shape index (κ2) is 8.50. The largest absolute Gasteiger partial charge is 0.507 e. The lowest BCUT2D eigenvalue weighted by atomic mass is 9.93. The highest BCUT2D eigenvalue weighted by Gasteiger charge is 2.33. The Morgan fingerprint density at radius 3 is 2.86 bits per heavy atom. The van der Waals surface area contributed by atoms with Crippen LogP contribution in [0, 0.1) is 0 Å². The van der Waals surface area contributed by atoms with Crippen molar-refractivity contribution >= 4 is 23.9 Å². The standard InChI is InChI=1S/C21H28N4O3/c1-13(2)25-8-7-17-20(18(25)12-28-10-9-26)15(21(23)24-17)11-16(22)14-5-3-4-6-19(14)27/h3-6,9,11,13,18,24,27H,7-8,10,12,22-23H2,1-2H3/b16-11-. The Labute approximate surface area is 165 Å². The van der Waals surface area contributed by atoms with E-state index in [-0.39, 0.29) is 18.4 Å². The number of para-hydroxylation sites is 1. The zero-order valence-electron chi connectivity index (χ0n) is 16.3. The maximum absolute atomic E-state index is 10.7. The molecular weight excluding hydrogens is 356 g/mol. The lowest BCUT2D eigenvalue weighted by Crippen LogP contribution is -2.42. The van der Waals surface area contributed by atoms with E-state index in [9.17, 15) is 9.90 Å². The van der Waals surface area contributed by atoms with E-state index in [1.165, 1.54) is 0 Å². The Kier molecular flexibility index (Phi) is 6.06. The van der Waals surface area contributed by atoms with Crippen LogP contribution in [0.5, 0.6) is 5.75 Å². The topological polar surface area (TPSA) is 118 Å². The van der Waals surface area contributed by atoms with E-state index in [2.05, 4.69) is 23.7 Å². The highest BCUT2D eigenvalue weighted by molar-refractivity contribution is 5.86. The Morgan fingerprint density at radius 2 is 2.18 bits per heavy atom. The van der Waals surface area contributed by atoms with Gasteiger partial charge in [0, 0.05) is 47.1 Å². The average Bonchev–Trinajstić information content (AvgIpc) is 2.97. The number of nitrogens with two attached hydrogens (primary N) is 2. The molecule has 6 N–H and O–H groups in total. The van der Waals surface area contributed by atoms with Crippen molar-refractivity contribution in [3.63, 3.8) is 0 Å². The molecule has 1 unspecified atom stereocenters. The Bertz CT molecular complexity index is 873. The second-order valence-corrected chi connectivity index (χ2v) is 7.26. The molecule has 2 heterocycles. The third kappa shape index (κ3) is 3.90. The van der Waals surface area contributed by atoms with Crippen molar-refractivity contribution in [1.29, 1.82) is 0 Å². The number of carbonyl (C=O) groups is 1. The van der Waals surface area contributed by atoms with Gasteiger partial charge in [-0.2, -0.15) is 0 Å². The molecule has 0 aliphatic carbocycles. The third-order valence-electron chi connectivity index (χ3n) is 5.18. The van der Waals surface area contributed by atoms with Crippen LogP contribution in [0.2, 0.25) is 0 Å². The number of hydrogen-bond donors (Lipinski definition) is 4. The molecule has 0 fully saturated rings. The Balaban J connectivity index is 2.05.